The van der Waals surface area contributed by atoms with Crippen molar-refractivity contribution in [2.24, 2.45) is 4.99 Å². The van der Waals surface area contributed by atoms with Crippen LogP contribution in [0.2, 0.25) is 0 Å². The summed E-state index contributed by atoms with van der Waals surface area (Å²) in [5.74, 6) is 2.78. The average molecular weight is 447 g/mol. The molecule has 0 bridgehead atoms. The van der Waals surface area contributed by atoms with Crippen molar-refractivity contribution in [1.82, 2.24) is 10.6 Å². The number of nitrogens with zero attached hydrogens (tertiary/aromatic N) is 1. The van der Waals surface area contributed by atoms with Crippen molar-refractivity contribution >= 4 is 52.5 Å². The lowest BCUT2D eigenvalue weighted by Gasteiger charge is -2.18. The van der Waals surface area contributed by atoms with Crippen LogP contribution in [-0.4, -0.2) is 51.3 Å². The van der Waals surface area contributed by atoms with Gasteiger partial charge in [0.25, 0.3) is 0 Å². The van der Waals surface area contributed by atoms with E-state index in [0.717, 1.165) is 19.0 Å². The summed E-state index contributed by atoms with van der Waals surface area (Å²) in [6, 6.07) is 0. The summed E-state index contributed by atoms with van der Waals surface area (Å²) < 4.78 is 11.8. The van der Waals surface area contributed by atoms with E-state index in [1.165, 1.54) is 18.6 Å². The van der Waals surface area contributed by atoms with E-state index in [4.69, 9.17) is 0 Å². The molecular formula is C14H30IN3OS2. The fourth-order valence-corrected chi connectivity index (χ4v) is 3.97. The second kappa shape index (κ2) is 11.1. The number of halogens is 1. The van der Waals surface area contributed by atoms with Gasteiger partial charge < -0.3 is 10.6 Å². The van der Waals surface area contributed by atoms with E-state index >= 15 is 0 Å². The standard InChI is InChI=1S/C14H29N3OS2.HI/c1-5-15-13(17-11-12-7-6-9-19-12)16-8-10-20(18)14(2,3)4;/h12H,5-11H2,1-4H3,(H2,15,16,17);1H. The van der Waals surface area contributed by atoms with Gasteiger partial charge in [0.1, 0.15) is 0 Å². The van der Waals surface area contributed by atoms with Crippen molar-refractivity contribution in [3.63, 3.8) is 0 Å². The van der Waals surface area contributed by atoms with Gasteiger partial charge in [-0.3, -0.25) is 9.20 Å². The zero-order chi connectivity index (χ0) is 15.0. The minimum Gasteiger partial charge on any atom is -0.357 e. The molecule has 0 aromatic carbocycles. The molecule has 0 aliphatic carbocycles. The Kier molecular flexibility index (Phi) is 11.4. The highest BCUT2D eigenvalue weighted by molar-refractivity contribution is 14.0. The summed E-state index contributed by atoms with van der Waals surface area (Å²) >= 11 is 2.02. The molecule has 0 aromatic heterocycles. The zero-order valence-corrected chi connectivity index (χ0v) is 17.6. The van der Waals surface area contributed by atoms with Gasteiger partial charge in [-0.05, 0) is 46.3 Å². The molecule has 1 aliphatic heterocycles. The van der Waals surface area contributed by atoms with Crippen molar-refractivity contribution in [2.45, 2.75) is 50.5 Å². The van der Waals surface area contributed by atoms with Gasteiger partial charge in [-0.2, -0.15) is 11.8 Å². The number of thioether (sulfide) groups is 1. The highest BCUT2D eigenvalue weighted by Gasteiger charge is 2.19. The zero-order valence-electron chi connectivity index (χ0n) is 13.6. The van der Waals surface area contributed by atoms with Crippen molar-refractivity contribution in [3.8, 4) is 0 Å². The van der Waals surface area contributed by atoms with E-state index in [-0.39, 0.29) is 28.7 Å². The molecule has 0 saturated carbocycles. The van der Waals surface area contributed by atoms with Gasteiger partial charge in [0.15, 0.2) is 5.96 Å². The van der Waals surface area contributed by atoms with Crippen LogP contribution in [0.4, 0.5) is 0 Å². The van der Waals surface area contributed by atoms with Crippen LogP contribution in [0.25, 0.3) is 0 Å². The van der Waals surface area contributed by atoms with Crippen LogP contribution in [-0.2, 0) is 10.8 Å². The largest absolute Gasteiger partial charge is 0.357 e. The van der Waals surface area contributed by atoms with Gasteiger partial charge in [-0.15, -0.1) is 24.0 Å². The minimum absolute atomic E-state index is 0. The predicted molar refractivity (Wildman–Crippen MR) is 108 cm³/mol. The highest BCUT2D eigenvalue weighted by Crippen LogP contribution is 2.25. The second-order valence-corrected chi connectivity index (χ2v) is 9.68. The molecule has 2 unspecified atom stereocenters. The summed E-state index contributed by atoms with van der Waals surface area (Å²) in [6.07, 6.45) is 2.60. The second-order valence-electron chi connectivity index (χ2n) is 5.94. The van der Waals surface area contributed by atoms with Gasteiger partial charge in [-0.1, -0.05) is 0 Å². The van der Waals surface area contributed by atoms with Gasteiger partial charge in [-0.25, -0.2) is 0 Å². The summed E-state index contributed by atoms with van der Waals surface area (Å²) in [4.78, 5) is 4.63. The molecule has 2 atom stereocenters. The van der Waals surface area contributed by atoms with Crippen molar-refractivity contribution < 1.29 is 4.21 Å². The third-order valence-corrected chi connectivity index (χ3v) is 6.41. The highest BCUT2D eigenvalue weighted by atomic mass is 127. The third kappa shape index (κ3) is 9.28. The lowest BCUT2D eigenvalue weighted by atomic mass is 10.2. The monoisotopic (exact) mass is 447 g/mol. The molecule has 1 saturated heterocycles. The molecule has 21 heavy (non-hydrogen) atoms. The molecule has 0 radical (unpaired) electrons. The fourth-order valence-electron chi connectivity index (χ4n) is 1.89. The van der Waals surface area contributed by atoms with Gasteiger partial charge in [0.05, 0.1) is 6.54 Å². The van der Waals surface area contributed by atoms with Crippen LogP contribution in [0.5, 0.6) is 0 Å². The first-order chi connectivity index (χ1) is 9.43. The van der Waals surface area contributed by atoms with E-state index in [1.54, 1.807) is 0 Å². The van der Waals surface area contributed by atoms with Crippen LogP contribution >= 0.6 is 35.7 Å². The maximum Gasteiger partial charge on any atom is 0.191 e. The predicted octanol–water partition coefficient (Wildman–Crippen LogP) is 2.60. The van der Waals surface area contributed by atoms with E-state index < -0.39 is 10.8 Å². The Hall–Kier alpha value is 0.500. The topological polar surface area (TPSA) is 53.5 Å². The summed E-state index contributed by atoms with van der Waals surface area (Å²) in [6.45, 7) is 10.5. The van der Waals surface area contributed by atoms with Crippen molar-refractivity contribution in [2.75, 3.05) is 31.1 Å². The Morgan fingerprint density at radius 2 is 2.10 bits per heavy atom. The lowest BCUT2D eigenvalue weighted by Crippen LogP contribution is -2.40. The maximum atomic E-state index is 12.0. The van der Waals surface area contributed by atoms with E-state index in [9.17, 15) is 4.21 Å². The maximum absolute atomic E-state index is 12.0. The smallest absolute Gasteiger partial charge is 0.191 e. The van der Waals surface area contributed by atoms with Crippen LogP contribution in [0.1, 0.15) is 40.5 Å². The van der Waals surface area contributed by atoms with Gasteiger partial charge >= 0.3 is 0 Å². The summed E-state index contributed by atoms with van der Waals surface area (Å²) in [5.41, 5.74) is 0. The fraction of sp³-hybridized carbons (Fsp3) is 0.929. The third-order valence-electron chi connectivity index (χ3n) is 3.08. The van der Waals surface area contributed by atoms with Gasteiger partial charge in [0.2, 0.25) is 0 Å². The Bertz CT molecular complexity index is 340. The molecule has 2 N–H and O–H groups in total. The molecule has 1 rings (SSSR count). The Morgan fingerprint density at radius 3 is 2.62 bits per heavy atom. The number of hydrogen-bond donors (Lipinski definition) is 2. The molecule has 4 nitrogen and oxygen atoms in total. The molecule has 0 amide bonds. The number of aliphatic imine (C=N–C) groups is 1. The Labute approximate surface area is 153 Å². The lowest BCUT2D eigenvalue weighted by molar-refractivity contribution is 0.647. The van der Waals surface area contributed by atoms with Crippen molar-refractivity contribution in [1.29, 1.82) is 0 Å². The first kappa shape index (κ1) is 21.5. The number of guanidine groups is 1. The number of hydrogen-bond acceptors (Lipinski definition) is 3. The van der Waals surface area contributed by atoms with E-state index in [1.807, 2.05) is 32.5 Å². The SMILES string of the molecule is CCNC(=NCC1CCCS1)NCCS(=O)C(C)(C)C.I. The minimum atomic E-state index is -0.813. The summed E-state index contributed by atoms with van der Waals surface area (Å²) in [5, 5.41) is 7.21. The van der Waals surface area contributed by atoms with Crippen LogP contribution in [0, 0.1) is 0 Å². The molecular weight excluding hydrogens is 417 g/mol. The van der Waals surface area contributed by atoms with Gasteiger partial charge in [0, 0.05) is 39.6 Å². The molecule has 126 valence electrons. The quantitative estimate of drug-likeness (QED) is 0.374. The molecule has 1 heterocycles. The van der Waals surface area contributed by atoms with E-state index in [0.29, 0.717) is 17.5 Å². The number of rotatable bonds is 6. The van der Waals surface area contributed by atoms with E-state index in [2.05, 4.69) is 22.5 Å². The van der Waals surface area contributed by atoms with Crippen LogP contribution in [0.3, 0.4) is 0 Å². The molecule has 7 heteroatoms. The average Bonchev–Trinajstić information content (AvgIpc) is 2.87. The van der Waals surface area contributed by atoms with Crippen LogP contribution in [0.15, 0.2) is 4.99 Å². The molecule has 1 fully saturated rings. The number of nitrogens with one attached hydrogen (secondary N) is 2. The Balaban J connectivity index is 0.00000400. The normalized spacial score (nSPS) is 20.8. The first-order valence-corrected chi connectivity index (χ1v) is 9.82. The summed E-state index contributed by atoms with van der Waals surface area (Å²) in [7, 11) is -0.813. The molecule has 0 aromatic rings. The first-order valence-electron chi connectivity index (χ1n) is 7.45. The molecule has 0 spiro atoms. The van der Waals surface area contributed by atoms with Crippen LogP contribution < -0.4 is 10.6 Å². The molecule has 1 aliphatic rings. The van der Waals surface area contributed by atoms with Crippen molar-refractivity contribution in [3.05, 3.63) is 0 Å². The Morgan fingerprint density at radius 1 is 1.38 bits per heavy atom.